The molecule has 0 unspecified atom stereocenters. The van der Waals surface area contributed by atoms with Crippen molar-refractivity contribution in [2.75, 3.05) is 6.79 Å². The number of halogens is 1. The summed E-state index contributed by atoms with van der Waals surface area (Å²) < 4.78 is 11.6. The summed E-state index contributed by atoms with van der Waals surface area (Å²) in [5.41, 5.74) is 4.10. The fourth-order valence-electron chi connectivity index (χ4n) is 2.75. The summed E-state index contributed by atoms with van der Waals surface area (Å²) in [6.45, 7) is 4.33. The van der Waals surface area contributed by atoms with Gasteiger partial charge in [0.15, 0.2) is 11.5 Å². The molecular weight excluding hydrogens is 398 g/mol. The molecule has 0 radical (unpaired) electrons. The molecule has 132 valence electrons. The van der Waals surface area contributed by atoms with Gasteiger partial charge in [0.25, 0.3) is 0 Å². The van der Waals surface area contributed by atoms with E-state index in [1.807, 2.05) is 50.2 Å². The van der Waals surface area contributed by atoms with E-state index in [1.165, 1.54) is 0 Å². The summed E-state index contributed by atoms with van der Waals surface area (Å²) in [5.74, 6) is 1.43. The molecular formula is C19H16BrN3O3. The molecule has 0 amide bonds. The number of fused-ring (bicyclic) bond motifs is 2. The second-order valence-electron chi connectivity index (χ2n) is 5.89. The molecule has 0 saturated carbocycles. The van der Waals surface area contributed by atoms with E-state index in [4.69, 9.17) is 14.3 Å². The van der Waals surface area contributed by atoms with Crippen molar-refractivity contribution in [3.63, 3.8) is 0 Å². The minimum atomic E-state index is 0.236. The van der Waals surface area contributed by atoms with Gasteiger partial charge in [0.2, 0.25) is 6.79 Å². The van der Waals surface area contributed by atoms with Gasteiger partial charge >= 0.3 is 0 Å². The van der Waals surface area contributed by atoms with Gasteiger partial charge in [0, 0.05) is 10.0 Å². The summed E-state index contributed by atoms with van der Waals surface area (Å²) >= 11 is 3.52. The molecule has 26 heavy (non-hydrogen) atoms. The lowest BCUT2D eigenvalue weighted by Crippen LogP contribution is -2.11. The van der Waals surface area contributed by atoms with Crippen molar-refractivity contribution in [3.8, 4) is 11.5 Å². The van der Waals surface area contributed by atoms with E-state index in [0.29, 0.717) is 11.1 Å². The Kier molecular flexibility index (Phi) is 4.46. The topological polar surface area (TPSA) is 65.8 Å². The van der Waals surface area contributed by atoms with Crippen LogP contribution < -0.4 is 14.8 Å². The maximum Gasteiger partial charge on any atom is 0.231 e. The maximum absolute atomic E-state index is 5.59. The quantitative estimate of drug-likeness (QED) is 0.611. The standard InChI is InChI=1S/C19H16BrN3O3/c1-11-19(12(2)22-16-6-4-3-5-15(16)21-11)23-26-9-13-7-17-18(8-14(13)20)25-10-24-17/h3-8H,9-10H2,1-2H3. The molecule has 7 heteroatoms. The maximum atomic E-state index is 5.59. The molecule has 2 aromatic carbocycles. The lowest BCUT2D eigenvalue weighted by molar-refractivity contribution is 0.118. The third-order valence-corrected chi connectivity index (χ3v) is 4.80. The Labute approximate surface area is 158 Å². The molecule has 2 heterocycles. The van der Waals surface area contributed by atoms with Crippen molar-refractivity contribution in [2.45, 2.75) is 20.5 Å². The first-order valence-corrected chi connectivity index (χ1v) is 8.89. The van der Waals surface area contributed by atoms with Gasteiger partial charge in [-0.05, 0) is 38.1 Å². The van der Waals surface area contributed by atoms with Gasteiger partial charge in [-0.1, -0.05) is 33.2 Å². The fourth-order valence-corrected chi connectivity index (χ4v) is 3.19. The number of aryl methyl sites for hydroxylation is 2. The van der Waals surface area contributed by atoms with Crippen LogP contribution in [0.4, 0.5) is 0 Å². The third kappa shape index (κ3) is 3.22. The van der Waals surface area contributed by atoms with Crippen molar-refractivity contribution in [3.05, 3.63) is 63.2 Å². The molecule has 1 aromatic heterocycles. The van der Waals surface area contributed by atoms with Gasteiger partial charge in [0.05, 0.1) is 22.4 Å². The number of ether oxygens (including phenoxy) is 2. The minimum absolute atomic E-state index is 0.236. The first-order valence-electron chi connectivity index (χ1n) is 8.10. The molecule has 3 aromatic rings. The lowest BCUT2D eigenvalue weighted by atomic mass is 10.2. The van der Waals surface area contributed by atoms with Crippen LogP contribution in [0.3, 0.4) is 0 Å². The minimum Gasteiger partial charge on any atom is -0.454 e. The van der Waals surface area contributed by atoms with Crippen LogP contribution in [0.2, 0.25) is 0 Å². The van der Waals surface area contributed by atoms with Gasteiger partial charge in [-0.3, -0.25) is 0 Å². The number of benzene rings is 2. The van der Waals surface area contributed by atoms with Crippen LogP contribution in [0.5, 0.6) is 11.5 Å². The van der Waals surface area contributed by atoms with Gasteiger partial charge in [-0.15, -0.1) is 0 Å². The number of hydrogen-bond acceptors (Lipinski definition) is 6. The first-order chi connectivity index (χ1) is 12.6. The molecule has 0 saturated heterocycles. The molecule has 6 nitrogen and oxygen atoms in total. The number of aromatic nitrogens is 2. The predicted octanol–water partition coefficient (Wildman–Crippen LogP) is 3.77. The van der Waals surface area contributed by atoms with Crippen LogP contribution >= 0.6 is 15.9 Å². The Balaban J connectivity index is 1.65. The first kappa shape index (κ1) is 16.8. The summed E-state index contributed by atoms with van der Waals surface area (Å²) in [6, 6.07) is 11.5. The summed E-state index contributed by atoms with van der Waals surface area (Å²) in [4.78, 5) is 14.8. The van der Waals surface area contributed by atoms with Crippen molar-refractivity contribution < 1.29 is 14.3 Å². The Bertz CT molecular complexity index is 1020. The Morgan fingerprint density at radius 2 is 1.65 bits per heavy atom. The molecule has 0 aliphatic carbocycles. The van der Waals surface area contributed by atoms with Gasteiger partial charge in [-0.2, -0.15) is 0 Å². The summed E-state index contributed by atoms with van der Waals surface area (Å²) in [7, 11) is 0. The monoisotopic (exact) mass is 413 g/mol. The van der Waals surface area contributed by atoms with Gasteiger partial charge in [0.1, 0.15) is 12.0 Å². The Morgan fingerprint density at radius 1 is 1.04 bits per heavy atom. The zero-order chi connectivity index (χ0) is 18.1. The molecule has 1 aliphatic rings. The zero-order valence-electron chi connectivity index (χ0n) is 14.3. The molecule has 1 aliphatic heterocycles. The SMILES string of the molecule is Cc1nc2ccccc2nc(C)c1=NOCc1cc2c(cc1Br)OCO2. The van der Waals surface area contributed by atoms with Gasteiger partial charge in [-0.25, -0.2) is 9.97 Å². The lowest BCUT2D eigenvalue weighted by Gasteiger charge is -2.05. The zero-order valence-corrected chi connectivity index (χ0v) is 15.9. The van der Waals surface area contributed by atoms with E-state index in [-0.39, 0.29) is 13.4 Å². The van der Waals surface area contributed by atoms with E-state index in [1.54, 1.807) is 0 Å². The highest BCUT2D eigenvalue weighted by Gasteiger charge is 2.16. The van der Waals surface area contributed by atoms with E-state index in [2.05, 4.69) is 31.1 Å². The second-order valence-corrected chi connectivity index (χ2v) is 6.75. The number of nitrogens with zero attached hydrogens (tertiary/aromatic N) is 3. The number of hydrogen-bond donors (Lipinski definition) is 0. The van der Waals surface area contributed by atoms with E-state index >= 15 is 0 Å². The van der Waals surface area contributed by atoms with Gasteiger partial charge < -0.3 is 14.3 Å². The predicted molar refractivity (Wildman–Crippen MR) is 99.6 cm³/mol. The highest BCUT2D eigenvalue weighted by atomic mass is 79.9. The average Bonchev–Trinajstić information content (AvgIpc) is 3.02. The molecule has 0 spiro atoms. The van der Waals surface area contributed by atoms with Crippen molar-refractivity contribution in [2.24, 2.45) is 5.16 Å². The van der Waals surface area contributed by atoms with Crippen LogP contribution in [0, 0.1) is 13.8 Å². The van der Waals surface area contributed by atoms with E-state index in [0.717, 1.165) is 38.2 Å². The normalized spacial score (nSPS) is 12.3. The highest BCUT2D eigenvalue weighted by molar-refractivity contribution is 9.10. The summed E-state index contributed by atoms with van der Waals surface area (Å²) in [6.07, 6.45) is 0. The average molecular weight is 414 g/mol. The van der Waals surface area contributed by atoms with Crippen molar-refractivity contribution >= 4 is 27.0 Å². The number of rotatable bonds is 3. The van der Waals surface area contributed by atoms with Crippen molar-refractivity contribution in [1.29, 1.82) is 0 Å². The molecule has 0 atom stereocenters. The summed E-state index contributed by atoms with van der Waals surface area (Å²) in [5, 5.41) is 4.92. The largest absolute Gasteiger partial charge is 0.454 e. The molecule has 4 rings (SSSR count). The van der Waals surface area contributed by atoms with Crippen LogP contribution in [-0.4, -0.2) is 16.8 Å². The smallest absolute Gasteiger partial charge is 0.231 e. The third-order valence-electron chi connectivity index (χ3n) is 4.06. The van der Waals surface area contributed by atoms with Crippen LogP contribution in [0.25, 0.3) is 11.0 Å². The van der Waals surface area contributed by atoms with Crippen LogP contribution in [0.15, 0.2) is 46.0 Å². The molecule has 0 N–H and O–H groups in total. The van der Waals surface area contributed by atoms with E-state index < -0.39 is 0 Å². The highest BCUT2D eigenvalue weighted by Crippen LogP contribution is 2.37. The van der Waals surface area contributed by atoms with Crippen molar-refractivity contribution in [1.82, 2.24) is 9.97 Å². The Morgan fingerprint density at radius 3 is 2.31 bits per heavy atom. The van der Waals surface area contributed by atoms with Crippen LogP contribution in [0.1, 0.15) is 17.0 Å². The molecule has 0 bridgehead atoms. The fraction of sp³-hybridized carbons (Fsp3) is 0.211. The Hall–Kier alpha value is -2.67. The number of para-hydroxylation sites is 2. The van der Waals surface area contributed by atoms with E-state index in [9.17, 15) is 0 Å². The molecule has 0 fully saturated rings. The second kappa shape index (κ2) is 6.92. The van der Waals surface area contributed by atoms with Crippen LogP contribution in [-0.2, 0) is 11.4 Å².